The van der Waals surface area contributed by atoms with Crippen molar-refractivity contribution in [3.05, 3.63) is 53.7 Å². The van der Waals surface area contributed by atoms with Crippen molar-refractivity contribution in [3.8, 4) is 17.6 Å². The topological polar surface area (TPSA) is 87.1 Å². The minimum atomic E-state index is -0.510. The first kappa shape index (κ1) is 14.8. The lowest BCUT2D eigenvalue weighted by atomic mass is 9.94. The number of fused-ring (bicyclic) bond motifs is 2. The van der Waals surface area contributed by atoms with Crippen LogP contribution in [0.2, 0.25) is 0 Å². The minimum Gasteiger partial charge on any atom is -0.454 e. The lowest BCUT2D eigenvalue weighted by Gasteiger charge is -2.16. The summed E-state index contributed by atoms with van der Waals surface area (Å²) in [5.41, 5.74) is 2.48. The van der Waals surface area contributed by atoms with E-state index in [2.05, 4.69) is 16.4 Å². The number of amides is 1. The van der Waals surface area contributed by atoms with Crippen LogP contribution in [0.15, 0.2) is 42.5 Å². The van der Waals surface area contributed by atoms with Crippen LogP contribution in [0.5, 0.6) is 11.5 Å². The fraction of sp³-hybridized carbons (Fsp3) is 0.200. The van der Waals surface area contributed by atoms with E-state index < -0.39 is 5.41 Å². The van der Waals surface area contributed by atoms with E-state index in [4.69, 9.17) is 14.7 Å². The van der Waals surface area contributed by atoms with E-state index in [-0.39, 0.29) is 14.1 Å². The summed E-state index contributed by atoms with van der Waals surface area (Å²) in [5, 5.41) is 12.9. The number of H-pyrrole nitrogens is 1. The monoisotopic (exact) mass is 347 g/mol. The van der Waals surface area contributed by atoms with E-state index in [1.807, 2.05) is 36.4 Å². The molecular formula is C20H17N3O3. The van der Waals surface area contributed by atoms with Gasteiger partial charge in [0.25, 0.3) is 0 Å². The zero-order chi connectivity index (χ0) is 17.7. The first-order valence-corrected chi connectivity index (χ1v) is 8.42. The van der Waals surface area contributed by atoms with E-state index in [1.54, 1.807) is 6.07 Å². The van der Waals surface area contributed by atoms with Gasteiger partial charge in [-0.1, -0.05) is 12.1 Å². The third-order valence-electron chi connectivity index (χ3n) is 5.11. The lowest BCUT2D eigenvalue weighted by Crippen LogP contribution is -2.27. The van der Waals surface area contributed by atoms with Gasteiger partial charge in [0.05, 0.1) is 5.41 Å². The van der Waals surface area contributed by atoms with Crippen molar-refractivity contribution in [1.29, 1.82) is 5.26 Å². The molecule has 1 fully saturated rings. The van der Waals surface area contributed by atoms with Crippen LogP contribution in [0.1, 0.15) is 25.5 Å². The van der Waals surface area contributed by atoms with Crippen molar-refractivity contribution in [2.75, 3.05) is 12.1 Å². The summed E-state index contributed by atoms with van der Waals surface area (Å²) in [7, 11) is 0. The third-order valence-corrected chi connectivity index (χ3v) is 5.11. The van der Waals surface area contributed by atoms with Gasteiger partial charge in [0.15, 0.2) is 11.5 Å². The van der Waals surface area contributed by atoms with Crippen LogP contribution >= 0.6 is 0 Å². The average molecular weight is 347 g/mol. The van der Waals surface area contributed by atoms with Gasteiger partial charge in [-0.25, -0.2) is 0 Å². The number of anilines is 1. The Morgan fingerprint density at radius 2 is 2.00 bits per heavy atom. The number of nitrogens with one attached hydrogen (secondary N) is 2. The SMILES string of the molecule is N#Cc1cc2ccc(NC(=O)C3(c4ccc5c(c4)OCO5)CC3)cc2[nH]1.[HH]. The number of hydrogen-bond acceptors (Lipinski definition) is 4. The molecule has 1 saturated carbocycles. The highest BCUT2D eigenvalue weighted by Gasteiger charge is 2.51. The van der Waals surface area contributed by atoms with Crippen molar-refractivity contribution < 1.29 is 15.7 Å². The summed E-state index contributed by atoms with van der Waals surface area (Å²) >= 11 is 0. The maximum absolute atomic E-state index is 12.9. The fourth-order valence-corrected chi connectivity index (χ4v) is 3.48. The average Bonchev–Trinajstić information content (AvgIpc) is 3.16. The second-order valence-electron chi connectivity index (χ2n) is 6.70. The van der Waals surface area contributed by atoms with E-state index in [0.717, 1.165) is 35.1 Å². The number of carbonyl (C=O) groups is 1. The summed E-state index contributed by atoms with van der Waals surface area (Å²) < 4.78 is 10.8. The zero-order valence-corrected chi connectivity index (χ0v) is 13.8. The van der Waals surface area contributed by atoms with E-state index in [9.17, 15) is 4.79 Å². The Bertz CT molecular complexity index is 1100. The van der Waals surface area contributed by atoms with Crippen molar-refractivity contribution in [2.45, 2.75) is 18.3 Å². The van der Waals surface area contributed by atoms with Crippen LogP contribution in [-0.2, 0) is 10.2 Å². The van der Waals surface area contributed by atoms with Crippen molar-refractivity contribution in [1.82, 2.24) is 4.98 Å². The maximum atomic E-state index is 12.9. The predicted molar refractivity (Wildman–Crippen MR) is 97.2 cm³/mol. The highest BCUT2D eigenvalue weighted by molar-refractivity contribution is 6.02. The number of aromatic amines is 1. The molecule has 1 amide bonds. The largest absolute Gasteiger partial charge is 0.454 e. The van der Waals surface area contributed by atoms with Crippen LogP contribution in [0.25, 0.3) is 10.9 Å². The Morgan fingerprint density at radius 1 is 1.15 bits per heavy atom. The number of aromatic nitrogens is 1. The number of nitrogens with zero attached hydrogens (tertiary/aromatic N) is 1. The van der Waals surface area contributed by atoms with E-state index in [1.165, 1.54) is 0 Å². The normalized spacial score (nSPS) is 16.3. The Kier molecular flexibility index (Phi) is 3.01. The third kappa shape index (κ3) is 2.21. The molecule has 130 valence electrons. The van der Waals surface area contributed by atoms with Crippen molar-refractivity contribution in [2.24, 2.45) is 0 Å². The summed E-state index contributed by atoms with van der Waals surface area (Å²) in [6.45, 7) is 0.221. The molecule has 3 aromatic rings. The predicted octanol–water partition coefficient (Wildman–Crippen LogP) is 3.68. The molecule has 0 atom stereocenters. The van der Waals surface area contributed by atoms with Gasteiger partial charge in [-0.3, -0.25) is 4.79 Å². The molecule has 1 aliphatic heterocycles. The van der Waals surface area contributed by atoms with E-state index >= 15 is 0 Å². The van der Waals surface area contributed by atoms with E-state index in [0.29, 0.717) is 17.1 Å². The van der Waals surface area contributed by atoms with Crippen molar-refractivity contribution >= 4 is 22.5 Å². The standard InChI is InChI=1S/C20H15N3O3.H2/c21-10-15-7-12-1-3-14(9-16(12)22-15)23-19(24)20(5-6-20)13-2-4-17-18(8-13)26-11-25-17;/h1-4,7-9,22H,5-6,11H2,(H,23,24);1H. The lowest BCUT2D eigenvalue weighted by molar-refractivity contribution is -0.118. The number of benzene rings is 2. The number of carbonyl (C=O) groups excluding carboxylic acids is 1. The van der Waals surface area contributed by atoms with Crippen molar-refractivity contribution in [3.63, 3.8) is 0 Å². The second kappa shape index (κ2) is 5.27. The van der Waals surface area contributed by atoms with Gasteiger partial charge in [0, 0.05) is 18.0 Å². The molecule has 5 rings (SSSR count). The molecule has 2 aromatic carbocycles. The summed E-state index contributed by atoms with van der Waals surface area (Å²) in [5.74, 6) is 1.39. The number of ether oxygens (including phenoxy) is 2. The molecule has 6 nitrogen and oxygen atoms in total. The van der Waals surface area contributed by atoms with Crippen LogP contribution in [-0.4, -0.2) is 17.7 Å². The first-order valence-electron chi connectivity index (χ1n) is 8.42. The quantitative estimate of drug-likeness (QED) is 0.756. The number of rotatable bonds is 3. The second-order valence-corrected chi connectivity index (χ2v) is 6.70. The molecule has 2 N–H and O–H groups in total. The smallest absolute Gasteiger partial charge is 0.235 e. The van der Waals surface area contributed by atoms with Gasteiger partial charge in [0.2, 0.25) is 12.7 Å². The molecule has 2 aliphatic rings. The zero-order valence-electron chi connectivity index (χ0n) is 13.8. The number of hydrogen-bond donors (Lipinski definition) is 2. The molecule has 6 heteroatoms. The Labute approximate surface area is 150 Å². The van der Waals surface area contributed by atoms with Gasteiger partial charge in [-0.15, -0.1) is 0 Å². The highest BCUT2D eigenvalue weighted by Crippen LogP contribution is 2.51. The number of nitriles is 1. The summed E-state index contributed by atoms with van der Waals surface area (Å²) in [6, 6.07) is 15.2. The van der Waals surface area contributed by atoms with Crippen LogP contribution < -0.4 is 14.8 Å². The van der Waals surface area contributed by atoms with Crippen LogP contribution in [0.4, 0.5) is 5.69 Å². The summed E-state index contributed by atoms with van der Waals surface area (Å²) in [4.78, 5) is 16.0. The Balaban J connectivity index is 0.00000180. The molecule has 0 spiro atoms. The first-order chi connectivity index (χ1) is 12.7. The fourth-order valence-electron chi connectivity index (χ4n) is 3.48. The van der Waals surface area contributed by atoms with Gasteiger partial charge in [-0.05, 0) is 48.7 Å². The summed E-state index contributed by atoms with van der Waals surface area (Å²) in [6.07, 6.45) is 1.61. The molecule has 0 unspecified atom stereocenters. The van der Waals surface area contributed by atoms with Crippen LogP contribution in [0.3, 0.4) is 0 Å². The minimum absolute atomic E-state index is 0. The molecular weight excluding hydrogens is 330 g/mol. The highest BCUT2D eigenvalue weighted by atomic mass is 16.7. The van der Waals surface area contributed by atoms with Crippen LogP contribution in [0, 0.1) is 11.3 Å². The maximum Gasteiger partial charge on any atom is 0.235 e. The molecule has 1 aromatic heterocycles. The molecule has 26 heavy (non-hydrogen) atoms. The Hall–Kier alpha value is -3.46. The molecule has 0 saturated heterocycles. The molecule has 0 radical (unpaired) electrons. The van der Waals surface area contributed by atoms with Gasteiger partial charge >= 0.3 is 0 Å². The van der Waals surface area contributed by atoms with Gasteiger partial charge in [-0.2, -0.15) is 5.26 Å². The molecule has 2 heterocycles. The molecule has 0 bridgehead atoms. The molecule has 1 aliphatic carbocycles. The Morgan fingerprint density at radius 3 is 2.81 bits per heavy atom. The van der Waals surface area contributed by atoms with Gasteiger partial charge in [0.1, 0.15) is 11.8 Å². The van der Waals surface area contributed by atoms with Gasteiger partial charge < -0.3 is 19.8 Å².